The second-order valence-electron chi connectivity index (χ2n) is 6.34. The van der Waals surface area contributed by atoms with Crippen molar-refractivity contribution < 1.29 is 9.59 Å². The molecule has 0 unspecified atom stereocenters. The fourth-order valence-corrected chi connectivity index (χ4v) is 3.07. The molecule has 2 fully saturated rings. The van der Waals surface area contributed by atoms with Gasteiger partial charge in [-0.05, 0) is 25.8 Å². The first-order chi connectivity index (χ1) is 10.0. The van der Waals surface area contributed by atoms with Gasteiger partial charge in [0.25, 0.3) is 0 Å². The van der Waals surface area contributed by atoms with E-state index in [0.29, 0.717) is 5.92 Å². The number of carbonyl (C=O) groups is 2. The Morgan fingerprint density at radius 2 is 1.67 bits per heavy atom. The van der Waals surface area contributed by atoms with E-state index in [0.717, 1.165) is 52.1 Å². The molecule has 2 aliphatic heterocycles. The Morgan fingerprint density at radius 3 is 2.24 bits per heavy atom. The minimum atomic E-state index is -0.145. The highest BCUT2D eigenvalue weighted by Gasteiger charge is 2.25. The van der Waals surface area contributed by atoms with Crippen LogP contribution in [0.2, 0.25) is 0 Å². The summed E-state index contributed by atoms with van der Waals surface area (Å²) in [5.74, 6) is 0.606. The number of likely N-dealkylation sites (N-methyl/N-ethyl adjacent to an activating group) is 1. The first-order valence-electron chi connectivity index (χ1n) is 7.97. The van der Waals surface area contributed by atoms with Crippen LogP contribution in [0, 0.1) is 5.92 Å². The number of amides is 2. The maximum Gasteiger partial charge on any atom is 0.241 e. The van der Waals surface area contributed by atoms with Crippen molar-refractivity contribution in [1.29, 1.82) is 0 Å². The van der Waals surface area contributed by atoms with Crippen LogP contribution in [0.5, 0.6) is 0 Å². The summed E-state index contributed by atoms with van der Waals surface area (Å²) in [6.07, 6.45) is 2.16. The molecule has 2 amide bonds. The van der Waals surface area contributed by atoms with E-state index in [1.165, 1.54) is 13.5 Å². The van der Waals surface area contributed by atoms with Crippen LogP contribution >= 0.6 is 0 Å². The lowest BCUT2D eigenvalue weighted by atomic mass is 9.96. The van der Waals surface area contributed by atoms with E-state index in [9.17, 15) is 9.59 Å². The van der Waals surface area contributed by atoms with E-state index in [-0.39, 0.29) is 18.4 Å². The Kier molecular flexibility index (Phi) is 5.99. The molecule has 0 aromatic carbocycles. The lowest BCUT2D eigenvalue weighted by Gasteiger charge is -2.38. The van der Waals surface area contributed by atoms with E-state index >= 15 is 0 Å². The number of piperidine rings is 1. The average molecular weight is 296 g/mol. The number of rotatable bonds is 4. The number of piperazine rings is 1. The average Bonchev–Trinajstić information content (AvgIpc) is 2.48. The number of hydrogen-bond acceptors (Lipinski definition) is 4. The number of nitrogens with one attached hydrogen (secondary N) is 1. The molecular formula is C15H28N4O2. The minimum absolute atomic E-state index is 0.0447. The van der Waals surface area contributed by atoms with Crippen LogP contribution in [0.15, 0.2) is 0 Å². The Balaban J connectivity index is 1.66. The number of carbonyl (C=O) groups excluding carboxylic acids is 2. The van der Waals surface area contributed by atoms with Gasteiger partial charge < -0.3 is 20.0 Å². The van der Waals surface area contributed by atoms with Gasteiger partial charge in [0.2, 0.25) is 11.8 Å². The standard InChI is InChI=1S/C15H28N4O2/c1-13(20)16-11-15(21)19-5-3-14(4-6-19)12-18-9-7-17(2)8-10-18/h14H,3-12H2,1-2H3,(H,16,20). The fourth-order valence-electron chi connectivity index (χ4n) is 3.07. The summed E-state index contributed by atoms with van der Waals surface area (Å²) >= 11 is 0. The van der Waals surface area contributed by atoms with E-state index in [1.54, 1.807) is 0 Å². The van der Waals surface area contributed by atoms with E-state index in [2.05, 4.69) is 22.2 Å². The van der Waals surface area contributed by atoms with Crippen LogP contribution < -0.4 is 5.32 Å². The van der Waals surface area contributed by atoms with Gasteiger partial charge in [0.1, 0.15) is 0 Å². The topological polar surface area (TPSA) is 55.9 Å². The summed E-state index contributed by atoms with van der Waals surface area (Å²) in [6.45, 7) is 9.06. The van der Waals surface area contributed by atoms with Gasteiger partial charge in [0.05, 0.1) is 6.54 Å². The zero-order chi connectivity index (χ0) is 15.2. The van der Waals surface area contributed by atoms with Crippen molar-refractivity contribution in [2.45, 2.75) is 19.8 Å². The molecule has 0 aromatic rings. The highest BCUT2D eigenvalue weighted by molar-refractivity contribution is 5.83. The Labute approximate surface area is 127 Å². The molecule has 2 rings (SSSR count). The van der Waals surface area contributed by atoms with Gasteiger partial charge in [-0.25, -0.2) is 0 Å². The summed E-state index contributed by atoms with van der Waals surface area (Å²) in [7, 11) is 2.18. The Bertz CT molecular complexity index is 359. The van der Waals surface area contributed by atoms with Crippen LogP contribution in [0.1, 0.15) is 19.8 Å². The number of likely N-dealkylation sites (tertiary alicyclic amines) is 1. The van der Waals surface area contributed by atoms with Crippen LogP contribution in [0.4, 0.5) is 0 Å². The quantitative estimate of drug-likeness (QED) is 0.768. The van der Waals surface area contributed by atoms with Crippen molar-refractivity contribution >= 4 is 11.8 Å². The van der Waals surface area contributed by atoms with Crippen molar-refractivity contribution in [3.8, 4) is 0 Å². The minimum Gasteiger partial charge on any atom is -0.347 e. The Morgan fingerprint density at radius 1 is 1.05 bits per heavy atom. The van der Waals surface area contributed by atoms with Crippen LogP contribution in [-0.4, -0.2) is 85.9 Å². The summed E-state index contributed by atoms with van der Waals surface area (Å²) in [5.41, 5.74) is 0. The lowest BCUT2D eigenvalue weighted by molar-refractivity contribution is -0.133. The molecule has 0 bridgehead atoms. The molecular weight excluding hydrogens is 268 g/mol. The third kappa shape index (κ3) is 5.28. The first kappa shape index (κ1) is 16.2. The summed E-state index contributed by atoms with van der Waals surface area (Å²) in [6, 6.07) is 0. The van der Waals surface area contributed by atoms with Gasteiger partial charge in [-0.15, -0.1) is 0 Å². The fraction of sp³-hybridized carbons (Fsp3) is 0.867. The molecule has 0 aromatic heterocycles. The van der Waals surface area contributed by atoms with Crippen molar-refractivity contribution in [3.05, 3.63) is 0 Å². The molecule has 0 radical (unpaired) electrons. The van der Waals surface area contributed by atoms with Gasteiger partial charge in [-0.1, -0.05) is 0 Å². The maximum absolute atomic E-state index is 11.9. The molecule has 0 saturated carbocycles. The largest absolute Gasteiger partial charge is 0.347 e. The molecule has 6 heteroatoms. The van der Waals surface area contributed by atoms with Crippen molar-refractivity contribution in [2.75, 3.05) is 59.4 Å². The highest BCUT2D eigenvalue weighted by atomic mass is 16.2. The van der Waals surface area contributed by atoms with Gasteiger partial charge in [0, 0.05) is 52.7 Å². The van der Waals surface area contributed by atoms with Gasteiger partial charge >= 0.3 is 0 Å². The number of hydrogen-bond donors (Lipinski definition) is 1. The van der Waals surface area contributed by atoms with E-state index < -0.39 is 0 Å². The molecule has 1 N–H and O–H groups in total. The third-order valence-corrected chi connectivity index (χ3v) is 4.57. The molecule has 6 nitrogen and oxygen atoms in total. The van der Waals surface area contributed by atoms with Crippen LogP contribution in [-0.2, 0) is 9.59 Å². The molecule has 120 valence electrons. The second kappa shape index (κ2) is 7.75. The van der Waals surface area contributed by atoms with E-state index in [4.69, 9.17) is 0 Å². The number of nitrogens with zero attached hydrogens (tertiary/aromatic N) is 3. The molecule has 2 aliphatic rings. The Hall–Kier alpha value is -1.14. The first-order valence-corrected chi connectivity index (χ1v) is 7.97. The summed E-state index contributed by atoms with van der Waals surface area (Å²) < 4.78 is 0. The van der Waals surface area contributed by atoms with Crippen LogP contribution in [0.25, 0.3) is 0 Å². The predicted octanol–water partition coefficient (Wildman–Crippen LogP) is -0.391. The highest BCUT2D eigenvalue weighted by Crippen LogP contribution is 2.19. The molecule has 21 heavy (non-hydrogen) atoms. The molecule has 2 saturated heterocycles. The zero-order valence-corrected chi connectivity index (χ0v) is 13.3. The van der Waals surface area contributed by atoms with E-state index in [1.807, 2.05) is 4.90 Å². The van der Waals surface area contributed by atoms with Crippen molar-refractivity contribution in [3.63, 3.8) is 0 Å². The second-order valence-corrected chi connectivity index (χ2v) is 6.34. The van der Waals surface area contributed by atoms with Gasteiger partial charge in [0.15, 0.2) is 0 Å². The third-order valence-electron chi connectivity index (χ3n) is 4.57. The monoisotopic (exact) mass is 296 g/mol. The molecule has 0 atom stereocenters. The predicted molar refractivity (Wildman–Crippen MR) is 81.9 cm³/mol. The molecule has 0 aliphatic carbocycles. The SMILES string of the molecule is CC(=O)NCC(=O)N1CCC(CN2CCN(C)CC2)CC1. The zero-order valence-electron chi connectivity index (χ0n) is 13.3. The summed E-state index contributed by atoms with van der Waals surface area (Å²) in [4.78, 5) is 29.6. The van der Waals surface area contributed by atoms with Crippen molar-refractivity contribution in [1.82, 2.24) is 20.0 Å². The van der Waals surface area contributed by atoms with Crippen molar-refractivity contribution in [2.24, 2.45) is 5.92 Å². The normalized spacial score (nSPS) is 22.3. The molecule has 2 heterocycles. The summed E-state index contributed by atoms with van der Waals surface area (Å²) in [5, 5.41) is 2.58. The van der Waals surface area contributed by atoms with Gasteiger partial charge in [-0.3, -0.25) is 9.59 Å². The smallest absolute Gasteiger partial charge is 0.241 e. The maximum atomic E-state index is 11.9. The van der Waals surface area contributed by atoms with Crippen LogP contribution in [0.3, 0.4) is 0 Å². The van der Waals surface area contributed by atoms with Gasteiger partial charge in [-0.2, -0.15) is 0 Å². The lowest BCUT2D eigenvalue weighted by Crippen LogP contribution is -2.48. The molecule has 0 spiro atoms.